The number of carbonyl (C=O) groups excluding carboxylic acids is 3. The Morgan fingerprint density at radius 1 is 1.40 bits per heavy atom. The molecule has 2 heterocycles. The van der Waals surface area contributed by atoms with E-state index in [0.717, 1.165) is 16.2 Å². The SMILES string of the molecule is COCc1c(C(=O)OCC(=O)N2CCNC2=O)sc2cccc(F)c12. The third-order valence-electron chi connectivity index (χ3n) is 3.72. The topological polar surface area (TPSA) is 84.9 Å². The zero-order valence-corrected chi connectivity index (χ0v) is 14.2. The summed E-state index contributed by atoms with van der Waals surface area (Å²) in [7, 11) is 1.44. The Bertz CT molecular complexity index is 850. The van der Waals surface area contributed by atoms with Crippen molar-refractivity contribution in [3.8, 4) is 0 Å². The van der Waals surface area contributed by atoms with Gasteiger partial charge in [0.05, 0.1) is 6.61 Å². The molecule has 9 heteroatoms. The van der Waals surface area contributed by atoms with Crippen LogP contribution in [0.25, 0.3) is 10.1 Å². The average Bonchev–Trinajstić information content (AvgIpc) is 3.17. The summed E-state index contributed by atoms with van der Waals surface area (Å²) in [4.78, 5) is 36.9. The van der Waals surface area contributed by atoms with Crippen molar-refractivity contribution in [2.75, 3.05) is 26.8 Å². The minimum atomic E-state index is -0.749. The van der Waals surface area contributed by atoms with Crippen LogP contribution in [0.3, 0.4) is 0 Å². The van der Waals surface area contributed by atoms with Crippen LogP contribution in [0.1, 0.15) is 15.2 Å². The van der Waals surface area contributed by atoms with E-state index in [1.165, 1.54) is 13.2 Å². The molecule has 0 spiro atoms. The summed E-state index contributed by atoms with van der Waals surface area (Å²) < 4.78 is 24.8. The van der Waals surface area contributed by atoms with E-state index in [1.54, 1.807) is 12.1 Å². The smallest absolute Gasteiger partial charge is 0.349 e. The largest absolute Gasteiger partial charge is 0.451 e. The number of imide groups is 1. The second-order valence-corrected chi connectivity index (χ2v) is 6.36. The Labute approximate surface area is 146 Å². The molecule has 1 N–H and O–H groups in total. The summed E-state index contributed by atoms with van der Waals surface area (Å²) in [6.07, 6.45) is 0. The first kappa shape index (κ1) is 17.3. The molecule has 0 radical (unpaired) electrons. The molecule has 1 aromatic carbocycles. The summed E-state index contributed by atoms with van der Waals surface area (Å²) in [6.45, 7) is 0.0770. The fourth-order valence-corrected chi connectivity index (χ4v) is 3.71. The van der Waals surface area contributed by atoms with Gasteiger partial charge in [-0.3, -0.25) is 9.69 Å². The number of amides is 3. The number of nitrogens with zero attached hydrogens (tertiary/aromatic N) is 1. The van der Waals surface area contributed by atoms with Crippen LogP contribution in [0.2, 0.25) is 0 Å². The highest BCUT2D eigenvalue weighted by Crippen LogP contribution is 2.34. The molecule has 1 fully saturated rings. The molecule has 1 aliphatic heterocycles. The highest BCUT2D eigenvalue weighted by molar-refractivity contribution is 7.21. The van der Waals surface area contributed by atoms with Crippen LogP contribution in [0, 0.1) is 5.82 Å². The molecular weight excluding hydrogens is 351 g/mol. The van der Waals surface area contributed by atoms with Crippen molar-refractivity contribution in [3.63, 3.8) is 0 Å². The fourth-order valence-electron chi connectivity index (χ4n) is 2.59. The quantitative estimate of drug-likeness (QED) is 0.817. The maximum absolute atomic E-state index is 14.1. The minimum absolute atomic E-state index is 0.0356. The summed E-state index contributed by atoms with van der Waals surface area (Å²) in [5.74, 6) is -1.81. The lowest BCUT2D eigenvalue weighted by molar-refractivity contribution is -0.130. The Kier molecular flexibility index (Phi) is 4.95. The van der Waals surface area contributed by atoms with E-state index < -0.39 is 30.3 Å². The van der Waals surface area contributed by atoms with Gasteiger partial charge in [-0.05, 0) is 12.1 Å². The van der Waals surface area contributed by atoms with Crippen molar-refractivity contribution in [3.05, 3.63) is 34.5 Å². The highest BCUT2D eigenvalue weighted by Gasteiger charge is 2.28. The van der Waals surface area contributed by atoms with E-state index in [1.807, 2.05) is 0 Å². The summed E-state index contributed by atoms with van der Waals surface area (Å²) in [5, 5.41) is 2.80. The number of hydrogen-bond acceptors (Lipinski definition) is 6. The Hall–Kier alpha value is -2.52. The van der Waals surface area contributed by atoms with Gasteiger partial charge in [0.15, 0.2) is 6.61 Å². The van der Waals surface area contributed by atoms with Gasteiger partial charge in [0, 0.05) is 35.8 Å². The normalized spacial score (nSPS) is 14.0. The van der Waals surface area contributed by atoms with Crippen molar-refractivity contribution >= 4 is 39.3 Å². The molecule has 0 unspecified atom stereocenters. The molecule has 1 saturated heterocycles. The standard InChI is InChI=1S/C16H15FN2O5S/c1-23-7-9-13-10(17)3-2-4-11(13)25-14(9)15(21)24-8-12(20)19-6-5-18-16(19)22/h2-4H,5-8H2,1H3,(H,18,22). The first-order valence-corrected chi connectivity index (χ1v) is 8.28. The van der Waals surface area contributed by atoms with Crippen LogP contribution in [0.5, 0.6) is 0 Å². The molecule has 0 bridgehead atoms. The summed E-state index contributed by atoms with van der Waals surface area (Å²) >= 11 is 1.07. The molecule has 3 rings (SSSR count). The number of methoxy groups -OCH3 is 1. The summed E-state index contributed by atoms with van der Waals surface area (Å²) in [6, 6.07) is 4.04. The van der Waals surface area contributed by atoms with Crippen molar-refractivity contribution in [2.45, 2.75) is 6.61 Å². The molecular formula is C16H15FN2O5S. The second kappa shape index (κ2) is 7.16. The second-order valence-electron chi connectivity index (χ2n) is 5.31. The fraction of sp³-hybridized carbons (Fsp3) is 0.312. The van der Waals surface area contributed by atoms with Gasteiger partial charge >= 0.3 is 12.0 Å². The number of carbonyl (C=O) groups is 3. The maximum atomic E-state index is 14.1. The lowest BCUT2D eigenvalue weighted by atomic mass is 10.1. The molecule has 132 valence electrons. The minimum Gasteiger partial charge on any atom is -0.451 e. The Balaban J connectivity index is 1.80. The van der Waals surface area contributed by atoms with Gasteiger partial charge < -0.3 is 14.8 Å². The molecule has 0 aliphatic carbocycles. The summed E-state index contributed by atoms with van der Waals surface area (Å²) in [5.41, 5.74) is 0.386. The molecule has 3 amide bonds. The predicted molar refractivity (Wildman–Crippen MR) is 87.9 cm³/mol. The molecule has 0 saturated carbocycles. The third-order valence-corrected chi connectivity index (χ3v) is 4.90. The van der Waals surface area contributed by atoms with E-state index in [9.17, 15) is 18.8 Å². The van der Waals surface area contributed by atoms with Crippen LogP contribution >= 0.6 is 11.3 Å². The van der Waals surface area contributed by atoms with Crippen LogP contribution < -0.4 is 5.32 Å². The molecule has 1 aliphatic rings. The number of fused-ring (bicyclic) bond motifs is 1. The molecule has 25 heavy (non-hydrogen) atoms. The van der Waals surface area contributed by atoms with Gasteiger partial charge in [0.2, 0.25) is 0 Å². The Morgan fingerprint density at radius 2 is 2.20 bits per heavy atom. The molecule has 1 aromatic heterocycles. The average molecular weight is 366 g/mol. The third kappa shape index (κ3) is 3.33. The number of esters is 1. The number of thiophene rings is 1. The van der Waals surface area contributed by atoms with Crippen LogP contribution in [-0.4, -0.2) is 49.6 Å². The van der Waals surface area contributed by atoms with Crippen molar-refractivity contribution in [1.82, 2.24) is 10.2 Å². The molecule has 0 atom stereocenters. The number of benzene rings is 1. The monoisotopic (exact) mass is 366 g/mol. The highest BCUT2D eigenvalue weighted by atomic mass is 32.1. The van der Waals surface area contributed by atoms with E-state index >= 15 is 0 Å². The predicted octanol–water partition coefficient (Wildman–Crippen LogP) is 1.90. The van der Waals surface area contributed by atoms with Crippen molar-refractivity contribution in [2.24, 2.45) is 0 Å². The maximum Gasteiger partial charge on any atom is 0.349 e. The van der Waals surface area contributed by atoms with E-state index in [0.29, 0.717) is 22.2 Å². The molecule has 7 nitrogen and oxygen atoms in total. The van der Waals surface area contributed by atoms with Crippen molar-refractivity contribution in [1.29, 1.82) is 0 Å². The van der Waals surface area contributed by atoms with Gasteiger partial charge in [-0.2, -0.15) is 0 Å². The van der Waals surface area contributed by atoms with Gasteiger partial charge in [0.1, 0.15) is 10.7 Å². The zero-order valence-electron chi connectivity index (χ0n) is 13.3. The van der Waals surface area contributed by atoms with Crippen LogP contribution in [0.15, 0.2) is 18.2 Å². The first-order valence-electron chi connectivity index (χ1n) is 7.47. The number of urea groups is 1. The number of nitrogens with one attached hydrogen (secondary N) is 1. The van der Waals surface area contributed by atoms with Gasteiger partial charge in [-0.15, -0.1) is 11.3 Å². The van der Waals surface area contributed by atoms with Gasteiger partial charge in [-0.1, -0.05) is 6.07 Å². The lowest BCUT2D eigenvalue weighted by Gasteiger charge is -2.12. The zero-order chi connectivity index (χ0) is 18.0. The van der Waals surface area contributed by atoms with E-state index in [2.05, 4.69) is 5.32 Å². The molecule has 2 aromatic rings. The van der Waals surface area contributed by atoms with Crippen molar-refractivity contribution < 1.29 is 28.2 Å². The van der Waals surface area contributed by atoms with E-state index in [-0.39, 0.29) is 18.0 Å². The number of rotatable bonds is 5. The Morgan fingerprint density at radius 3 is 2.88 bits per heavy atom. The van der Waals surface area contributed by atoms with Gasteiger partial charge in [-0.25, -0.2) is 14.0 Å². The first-order chi connectivity index (χ1) is 12.0. The van der Waals surface area contributed by atoms with E-state index in [4.69, 9.17) is 9.47 Å². The lowest BCUT2D eigenvalue weighted by Crippen LogP contribution is -2.37. The number of halogens is 1. The number of ether oxygens (including phenoxy) is 2. The van der Waals surface area contributed by atoms with Crippen LogP contribution in [-0.2, 0) is 20.9 Å². The number of hydrogen-bond donors (Lipinski definition) is 1. The van der Waals surface area contributed by atoms with Crippen LogP contribution in [0.4, 0.5) is 9.18 Å². The van der Waals surface area contributed by atoms with Gasteiger partial charge in [0.25, 0.3) is 5.91 Å².